The van der Waals surface area contributed by atoms with E-state index < -0.39 is 0 Å². The number of aromatic nitrogens is 1. The van der Waals surface area contributed by atoms with Gasteiger partial charge in [-0.25, -0.2) is 0 Å². The van der Waals surface area contributed by atoms with Crippen molar-refractivity contribution in [2.45, 2.75) is 33.4 Å². The van der Waals surface area contributed by atoms with Crippen LogP contribution in [0.2, 0.25) is 0 Å². The van der Waals surface area contributed by atoms with Gasteiger partial charge < -0.3 is 19.7 Å². The molecule has 2 rings (SSSR count). The number of methoxy groups -OCH3 is 1. The molecule has 0 spiro atoms. The molecule has 2 aromatic rings. The lowest BCUT2D eigenvalue weighted by molar-refractivity contribution is 0.281. The van der Waals surface area contributed by atoms with Gasteiger partial charge in [0.15, 0.2) is 11.5 Å². The zero-order valence-electron chi connectivity index (χ0n) is 12.3. The number of ether oxygens (including phenoxy) is 2. The molecule has 0 aliphatic heterocycles. The van der Waals surface area contributed by atoms with Gasteiger partial charge in [0.05, 0.1) is 18.4 Å². The third-order valence-corrected chi connectivity index (χ3v) is 3.27. The number of hydrogen-bond donors (Lipinski definition) is 1. The van der Waals surface area contributed by atoms with E-state index in [0.29, 0.717) is 18.1 Å². The van der Waals surface area contributed by atoms with Crippen LogP contribution in [0.3, 0.4) is 0 Å². The normalized spacial score (nSPS) is 12.2. The van der Waals surface area contributed by atoms with E-state index in [1.165, 1.54) is 0 Å². The smallest absolute Gasteiger partial charge is 0.161 e. The molecule has 108 valence electrons. The van der Waals surface area contributed by atoms with Crippen LogP contribution in [-0.4, -0.2) is 12.3 Å². The van der Waals surface area contributed by atoms with Crippen LogP contribution in [0.4, 0.5) is 0 Å². The number of benzene rings is 1. The highest BCUT2D eigenvalue weighted by molar-refractivity contribution is 5.44. The first-order valence-corrected chi connectivity index (χ1v) is 6.51. The first kappa shape index (κ1) is 14.4. The van der Waals surface area contributed by atoms with E-state index >= 15 is 0 Å². The Morgan fingerprint density at radius 1 is 1.30 bits per heavy atom. The highest BCUT2D eigenvalue weighted by atomic mass is 16.5. The van der Waals surface area contributed by atoms with Crippen molar-refractivity contribution in [1.82, 2.24) is 5.16 Å². The summed E-state index contributed by atoms with van der Waals surface area (Å²) in [7, 11) is 1.61. The minimum Gasteiger partial charge on any atom is -0.493 e. The van der Waals surface area contributed by atoms with Crippen LogP contribution in [0.15, 0.2) is 22.7 Å². The quantitative estimate of drug-likeness (QED) is 0.909. The monoisotopic (exact) mass is 276 g/mol. The molecule has 0 aliphatic carbocycles. The molecule has 1 atom stereocenters. The molecule has 0 saturated heterocycles. The van der Waals surface area contributed by atoms with Crippen molar-refractivity contribution in [3.63, 3.8) is 0 Å². The number of hydrogen-bond acceptors (Lipinski definition) is 5. The van der Waals surface area contributed by atoms with E-state index in [-0.39, 0.29) is 6.04 Å². The summed E-state index contributed by atoms with van der Waals surface area (Å²) in [6, 6.07) is 5.67. The third kappa shape index (κ3) is 2.93. The van der Waals surface area contributed by atoms with E-state index in [1.54, 1.807) is 7.11 Å². The van der Waals surface area contributed by atoms with Gasteiger partial charge in [0.25, 0.3) is 0 Å². The molecular weight excluding hydrogens is 256 g/mol. The maximum atomic E-state index is 5.86. The summed E-state index contributed by atoms with van der Waals surface area (Å²) in [5.74, 6) is 2.12. The van der Waals surface area contributed by atoms with Crippen LogP contribution >= 0.6 is 0 Å². The molecule has 0 bridgehead atoms. The number of nitrogens with two attached hydrogens (primary N) is 1. The molecule has 0 saturated carbocycles. The van der Waals surface area contributed by atoms with Gasteiger partial charge in [-0.15, -0.1) is 0 Å². The summed E-state index contributed by atoms with van der Waals surface area (Å²) in [5, 5.41) is 3.91. The summed E-state index contributed by atoms with van der Waals surface area (Å²) < 4.78 is 16.3. The topological polar surface area (TPSA) is 70.5 Å². The van der Waals surface area contributed by atoms with Crippen molar-refractivity contribution in [3.05, 3.63) is 40.8 Å². The van der Waals surface area contributed by atoms with Gasteiger partial charge in [0, 0.05) is 6.04 Å². The van der Waals surface area contributed by atoms with Crippen LogP contribution in [0.5, 0.6) is 11.5 Å². The molecule has 1 heterocycles. The summed E-state index contributed by atoms with van der Waals surface area (Å²) in [5.41, 5.74) is 8.67. The standard InChI is InChI=1S/C15H20N2O3/c1-9(16)12-5-6-14(15(7-12)18-4)19-8-13-10(2)17-20-11(13)3/h5-7,9H,8,16H2,1-4H3/t9-/m0/s1. The Balaban J connectivity index is 2.17. The Labute approximate surface area is 118 Å². The van der Waals surface area contributed by atoms with Gasteiger partial charge in [-0.2, -0.15) is 0 Å². The maximum Gasteiger partial charge on any atom is 0.161 e. The van der Waals surface area contributed by atoms with Gasteiger partial charge in [-0.05, 0) is 38.5 Å². The molecule has 0 radical (unpaired) electrons. The Hall–Kier alpha value is -2.01. The van der Waals surface area contributed by atoms with E-state index in [4.69, 9.17) is 19.7 Å². The van der Waals surface area contributed by atoms with Crippen molar-refractivity contribution in [2.24, 2.45) is 5.73 Å². The number of rotatable bonds is 5. The summed E-state index contributed by atoms with van der Waals surface area (Å²) in [4.78, 5) is 0. The molecule has 20 heavy (non-hydrogen) atoms. The van der Waals surface area contributed by atoms with E-state index in [1.807, 2.05) is 39.0 Å². The van der Waals surface area contributed by atoms with Gasteiger partial charge in [0.1, 0.15) is 12.4 Å². The van der Waals surface area contributed by atoms with Gasteiger partial charge in [0.2, 0.25) is 0 Å². The fraction of sp³-hybridized carbons (Fsp3) is 0.400. The SMILES string of the molecule is COc1cc([C@H](C)N)ccc1OCc1c(C)noc1C. The van der Waals surface area contributed by atoms with Gasteiger partial charge in [-0.1, -0.05) is 11.2 Å². The van der Waals surface area contributed by atoms with Crippen molar-refractivity contribution in [3.8, 4) is 11.5 Å². The predicted molar refractivity (Wildman–Crippen MR) is 75.9 cm³/mol. The maximum absolute atomic E-state index is 5.86. The summed E-state index contributed by atoms with van der Waals surface area (Å²) in [6.45, 7) is 6.09. The fourth-order valence-corrected chi connectivity index (χ4v) is 1.94. The van der Waals surface area contributed by atoms with Crippen molar-refractivity contribution in [2.75, 3.05) is 7.11 Å². The molecule has 0 unspecified atom stereocenters. The van der Waals surface area contributed by atoms with E-state index in [2.05, 4.69) is 5.16 Å². The molecule has 1 aromatic heterocycles. The average Bonchev–Trinajstić information content (AvgIpc) is 2.75. The van der Waals surface area contributed by atoms with Crippen LogP contribution in [-0.2, 0) is 6.61 Å². The molecule has 2 N–H and O–H groups in total. The molecule has 0 fully saturated rings. The molecule has 0 aliphatic rings. The van der Waals surface area contributed by atoms with Crippen LogP contribution in [0.25, 0.3) is 0 Å². The molecule has 1 aromatic carbocycles. The highest BCUT2D eigenvalue weighted by Crippen LogP contribution is 2.30. The average molecular weight is 276 g/mol. The Morgan fingerprint density at radius 2 is 2.05 bits per heavy atom. The van der Waals surface area contributed by atoms with E-state index in [0.717, 1.165) is 22.6 Å². The predicted octanol–water partition coefficient (Wildman–Crippen LogP) is 2.90. The number of aryl methyl sites for hydroxylation is 2. The van der Waals surface area contributed by atoms with Crippen molar-refractivity contribution < 1.29 is 14.0 Å². The van der Waals surface area contributed by atoms with Gasteiger partial charge in [-0.3, -0.25) is 0 Å². The molecule has 5 nitrogen and oxygen atoms in total. The minimum atomic E-state index is -0.0412. The Morgan fingerprint density at radius 3 is 2.60 bits per heavy atom. The van der Waals surface area contributed by atoms with Crippen LogP contribution in [0.1, 0.15) is 35.5 Å². The number of nitrogens with zero attached hydrogens (tertiary/aromatic N) is 1. The van der Waals surface area contributed by atoms with Crippen molar-refractivity contribution in [1.29, 1.82) is 0 Å². The molecule has 0 amide bonds. The highest BCUT2D eigenvalue weighted by Gasteiger charge is 2.12. The Kier molecular flexibility index (Phi) is 4.29. The largest absolute Gasteiger partial charge is 0.493 e. The first-order chi connectivity index (χ1) is 9.52. The van der Waals surface area contributed by atoms with Gasteiger partial charge >= 0.3 is 0 Å². The second-order valence-corrected chi connectivity index (χ2v) is 4.79. The zero-order valence-corrected chi connectivity index (χ0v) is 12.3. The first-order valence-electron chi connectivity index (χ1n) is 6.51. The lowest BCUT2D eigenvalue weighted by Gasteiger charge is -2.13. The summed E-state index contributed by atoms with van der Waals surface area (Å²) in [6.07, 6.45) is 0. The molecule has 5 heteroatoms. The van der Waals surface area contributed by atoms with Crippen molar-refractivity contribution >= 4 is 0 Å². The molecular formula is C15H20N2O3. The fourth-order valence-electron chi connectivity index (χ4n) is 1.94. The van der Waals surface area contributed by atoms with Crippen LogP contribution < -0.4 is 15.2 Å². The lowest BCUT2D eigenvalue weighted by Crippen LogP contribution is -2.06. The second-order valence-electron chi connectivity index (χ2n) is 4.79. The minimum absolute atomic E-state index is 0.0412. The Bertz CT molecular complexity index is 571. The summed E-state index contributed by atoms with van der Waals surface area (Å²) >= 11 is 0. The second kappa shape index (κ2) is 5.96. The zero-order chi connectivity index (χ0) is 14.7. The lowest BCUT2D eigenvalue weighted by atomic mass is 10.1. The van der Waals surface area contributed by atoms with Crippen LogP contribution in [0, 0.1) is 13.8 Å². The third-order valence-electron chi connectivity index (χ3n) is 3.27. The van der Waals surface area contributed by atoms with E-state index in [9.17, 15) is 0 Å².